The molecule has 0 bridgehead atoms. The molecular formula is C16H20N2O4. The van der Waals surface area contributed by atoms with Crippen LogP contribution < -0.4 is 4.74 Å². The monoisotopic (exact) mass is 304 g/mol. The molecule has 2 rings (SSSR count). The number of ketones is 1. The van der Waals surface area contributed by atoms with Crippen molar-refractivity contribution in [1.82, 2.24) is 4.90 Å². The summed E-state index contributed by atoms with van der Waals surface area (Å²) in [5, 5.41) is 11.1. The number of likely N-dealkylation sites (tertiary alicyclic amines) is 1. The Morgan fingerprint density at radius 3 is 2.82 bits per heavy atom. The predicted octanol–water partition coefficient (Wildman–Crippen LogP) is 2.67. The number of hydrogen-bond acceptors (Lipinski definition) is 5. The van der Waals surface area contributed by atoms with Crippen LogP contribution in [0.5, 0.6) is 5.75 Å². The van der Waals surface area contributed by atoms with Crippen molar-refractivity contribution in [2.75, 3.05) is 26.2 Å². The zero-order valence-corrected chi connectivity index (χ0v) is 12.9. The standard InChI is InChI=1S/C16H20N2O4/c1-3-17-8-7-15(19)13(11-17)9-12-5-6-16(22-4-2)14(10-12)18(20)21/h5-6,9-10H,3-4,7-8,11H2,1-2H3/b13-9+. The van der Waals surface area contributed by atoms with E-state index in [0.717, 1.165) is 13.1 Å². The van der Waals surface area contributed by atoms with E-state index in [9.17, 15) is 14.9 Å². The summed E-state index contributed by atoms with van der Waals surface area (Å²) in [7, 11) is 0. The molecule has 1 saturated heterocycles. The molecule has 1 aliphatic heterocycles. The van der Waals surface area contributed by atoms with Gasteiger partial charge >= 0.3 is 5.69 Å². The minimum absolute atomic E-state index is 0.0770. The summed E-state index contributed by atoms with van der Waals surface area (Å²) < 4.78 is 5.26. The van der Waals surface area contributed by atoms with Crippen LogP contribution in [0, 0.1) is 10.1 Å². The molecule has 0 aromatic heterocycles. The molecule has 0 spiro atoms. The lowest BCUT2D eigenvalue weighted by molar-refractivity contribution is -0.385. The second-order valence-electron chi connectivity index (χ2n) is 5.13. The van der Waals surface area contributed by atoms with Crippen LogP contribution in [0.15, 0.2) is 23.8 Å². The van der Waals surface area contributed by atoms with Crippen molar-refractivity contribution in [3.05, 3.63) is 39.4 Å². The summed E-state index contributed by atoms with van der Waals surface area (Å²) in [5.74, 6) is 0.362. The quantitative estimate of drug-likeness (QED) is 0.475. The Bertz CT molecular complexity index is 610. The number of ether oxygens (including phenoxy) is 1. The Morgan fingerprint density at radius 2 is 2.18 bits per heavy atom. The van der Waals surface area contributed by atoms with Gasteiger partial charge in [-0.15, -0.1) is 0 Å². The highest BCUT2D eigenvalue weighted by Crippen LogP contribution is 2.29. The van der Waals surface area contributed by atoms with Gasteiger partial charge in [-0.1, -0.05) is 13.0 Å². The Kier molecular flexibility index (Phi) is 5.27. The van der Waals surface area contributed by atoms with Gasteiger partial charge in [0.1, 0.15) is 0 Å². The molecule has 6 heteroatoms. The fourth-order valence-electron chi connectivity index (χ4n) is 2.47. The first kappa shape index (κ1) is 16.2. The molecular weight excluding hydrogens is 284 g/mol. The number of rotatable bonds is 5. The van der Waals surface area contributed by atoms with E-state index in [1.54, 1.807) is 25.1 Å². The Balaban J connectivity index is 2.32. The van der Waals surface area contributed by atoms with Crippen LogP contribution in [0.4, 0.5) is 5.69 Å². The summed E-state index contributed by atoms with van der Waals surface area (Å²) in [6.07, 6.45) is 2.24. The first-order valence-electron chi connectivity index (χ1n) is 7.42. The zero-order valence-electron chi connectivity index (χ0n) is 12.9. The topological polar surface area (TPSA) is 72.7 Å². The highest BCUT2D eigenvalue weighted by molar-refractivity contribution is 6.00. The SMILES string of the molecule is CCOc1ccc(/C=C2\CN(CC)CCC2=O)cc1[N+](=O)[O-]. The summed E-state index contributed by atoms with van der Waals surface area (Å²) in [4.78, 5) is 24.8. The van der Waals surface area contributed by atoms with Gasteiger partial charge in [0, 0.05) is 31.1 Å². The van der Waals surface area contributed by atoms with Crippen molar-refractivity contribution >= 4 is 17.5 Å². The van der Waals surface area contributed by atoms with Gasteiger partial charge in [0.05, 0.1) is 11.5 Å². The van der Waals surface area contributed by atoms with E-state index >= 15 is 0 Å². The third kappa shape index (κ3) is 3.71. The summed E-state index contributed by atoms with van der Waals surface area (Å²) in [6, 6.07) is 4.78. The molecule has 0 saturated carbocycles. The maximum Gasteiger partial charge on any atom is 0.311 e. The van der Waals surface area contributed by atoms with Gasteiger partial charge in [0.25, 0.3) is 0 Å². The maximum atomic E-state index is 12.0. The minimum atomic E-state index is -0.464. The molecule has 1 aromatic rings. The second kappa shape index (κ2) is 7.17. The molecule has 6 nitrogen and oxygen atoms in total. The van der Waals surface area contributed by atoms with Crippen molar-refractivity contribution in [3.63, 3.8) is 0 Å². The number of Topliss-reactive ketones (excluding diaryl/α,β-unsaturated/α-hetero) is 1. The first-order chi connectivity index (χ1) is 10.5. The van der Waals surface area contributed by atoms with Crippen LogP contribution in [0.3, 0.4) is 0 Å². The number of nitro groups is 1. The van der Waals surface area contributed by atoms with Gasteiger partial charge < -0.3 is 4.74 Å². The van der Waals surface area contributed by atoms with Gasteiger partial charge in [0.15, 0.2) is 11.5 Å². The largest absolute Gasteiger partial charge is 0.487 e. The predicted molar refractivity (Wildman–Crippen MR) is 84.0 cm³/mol. The molecule has 1 aromatic carbocycles. The van der Waals surface area contributed by atoms with Crippen molar-refractivity contribution in [1.29, 1.82) is 0 Å². The molecule has 1 aliphatic rings. The third-order valence-electron chi connectivity index (χ3n) is 3.67. The number of piperidine rings is 1. The van der Waals surface area contributed by atoms with E-state index in [-0.39, 0.29) is 17.2 Å². The lowest BCUT2D eigenvalue weighted by Crippen LogP contribution is -2.35. The molecule has 1 fully saturated rings. The van der Waals surface area contributed by atoms with Gasteiger partial charge in [-0.25, -0.2) is 0 Å². The number of benzene rings is 1. The zero-order chi connectivity index (χ0) is 16.1. The first-order valence-corrected chi connectivity index (χ1v) is 7.42. The van der Waals surface area contributed by atoms with E-state index in [2.05, 4.69) is 11.8 Å². The number of hydrogen-bond donors (Lipinski definition) is 0. The minimum Gasteiger partial charge on any atom is -0.487 e. The van der Waals surface area contributed by atoms with E-state index in [0.29, 0.717) is 30.7 Å². The number of nitrogens with zero attached hydrogens (tertiary/aromatic N) is 2. The Hall–Kier alpha value is -2.21. The van der Waals surface area contributed by atoms with Crippen molar-refractivity contribution in [2.45, 2.75) is 20.3 Å². The number of nitro benzene ring substituents is 1. The van der Waals surface area contributed by atoms with Crippen LogP contribution in [0.25, 0.3) is 6.08 Å². The van der Waals surface area contributed by atoms with Crippen LogP contribution in [0.1, 0.15) is 25.8 Å². The Labute approximate surface area is 129 Å². The van der Waals surface area contributed by atoms with E-state index < -0.39 is 4.92 Å². The summed E-state index contributed by atoms with van der Waals surface area (Å²) >= 11 is 0. The maximum absolute atomic E-state index is 12.0. The number of likely N-dealkylation sites (N-methyl/N-ethyl adjacent to an activating group) is 1. The van der Waals surface area contributed by atoms with Crippen molar-refractivity contribution < 1.29 is 14.5 Å². The van der Waals surface area contributed by atoms with Crippen LogP contribution >= 0.6 is 0 Å². The molecule has 1 heterocycles. The van der Waals surface area contributed by atoms with Crippen LogP contribution in [0.2, 0.25) is 0 Å². The molecule has 0 aliphatic carbocycles. The lowest BCUT2D eigenvalue weighted by Gasteiger charge is -2.26. The third-order valence-corrected chi connectivity index (χ3v) is 3.67. The van der Waals surface area contributed by atoms with Crippen LogP contribution in [-0.4, -0.2) is 41.8 Å². The summed E-state index contributed by atoms with van der Waals surface area (Å²) in [5.41, 5.74) is 1.27. The molecule has 118 valence electrons. The fraction of sp³-hybridized carbons (Fsp3) is 0.438. The van der Waals surface area contributed by atoms with Gasteiger partial charge in [0.2, 0.25) is 0 Å². The Morgan fingerprint density at radius 1 is 1.41 bits per heavy atom. The fourth-order valence-corrected chi connectivity index (χ4v) is 2.47. The average Bonchev–Trinajstić information content (AvgIpc) is 2.51. The molecule has 0 unspecified atom stereocenters. The summed E-state index contributed by atoms with van der Waals surface area (Å²) in [6.45, 7) is 6.44. The second-order valence-corrected chi connectivity index (χ2v) is 5.13. The highest BCUT2D eigenvalue weighted by atomic mass is 16.6. The number of carbonyl (C=O) groups excluding carboxylic acids is 1. The lowest BCUT2D eigenvalue weighted by atomic mass is 10.00. The molecule has 22 heavy (non-hydrogen) atoms. The van der Waals surface area contributed by atoms with Gasteiger partial charge in [-0.05, 0) is 31.2 Å². The highest BCUT2D eigenvalue weighted by Gasteiger charge is 2.21. The van der Waals surface area contributed by atoms with Crippen molar-refractivity contribution in [2.24, 2.45) is 0 Å². The molecule has 0 radical (unpaired) electrons. The smallest absolute Gasteiger partial charge is 0.311 e. The number of carbonyl (C=O) groups is 1. The molecule has 0 amide bonds. The average molecular weight is 304 g/mol. The molecule has 0 N–H and O–H groups in total. The van der Waals surface area contributed by atoms with E-state index in [1.165, 1.54) is 6.07 Å². The van der Waals surface area contributed by atoms with E-state index in [4.69, 9.17) is 4.74 Å². The van der Waals surface area contributed by atoms with Crippen molar-refractivity contribution in [3.8, 4) is 5.75 Å². The van der Waals surface area contributed by atoms with Gasteiger partial charge in [-0.2, -0.15) is 0 Å². The van der Waals surface area contributed by atoms with Crippen LogP contribution in [-0.2, 0) is 4.79 Å². The molecule has 0 atom stereocenters. The van der Waals surface area contributed by atoms with E-state index in [1.807, 2.05) is 0 Å². The normalized spacial score (nSPS) is 17.7. The van der Waals surface area contributed by atoms with Gasteiger partial charge in [-0.3, -0.25) is 19.8 Å².